The van der Waals surface area contributed by atoms with Gasteiger partial charge < -0.3 is 10.6 Å². The van der Waals surface area contributed by atoms with Crippen LogP contribution in [0.3, 0.4) is 0 Å². The molecule has 0 aliphatic rings. The number of hydrogen-bond donors (Lipinski definition) is 2. The number of aromatic nitrogens is 2. The second-order valence-corrected chi connectivity index (χ2v) is 5.78. The van der Waals surface area contributed by atoms with Crippen molar-refractivity contribution >= 4 is 23.1 Å². The normalized spacial score (nSPS) is 10.5. The van der Waals surface area contributed by atoms with Gasteiger partial charge in [0, 0.05) is 5.69 Å². The molecule has 0 radical (unpaired) electrons. The van der Waals surface area contributed by atoms with E-state index in [1.807, 2.05) is 32.0 Å². The maximum Gasteiger partial charge on any atom is 0.276 e. The molecule has 0 spiro atoms. The summed E-state index contributed by atoms with van der Waals surface area (Å²) in [7, 11) is 0. The zero-order chi connectivity index (χ0) is 18.7. The molecular formula is C19H16F2N4O. The van der Waals surface area contributed by atoms with Crippen molar-refractivity contribution in [1.82, 2.24) is 10.2 Å². The molecule has 3 rings (SSSR count). The van der Waals surface area contributed by atoms with Gasteiger partial charge >= 0.3 is 0 Å². The lowest BCUT2D eigenvalue weighted by atomic mass is 10.1. The van der Waals surface area contributed by atoms with Gasteiger partial charge in [-0.1, -0.05) is 12.1 Å². The molecule has 0 saturated heterocycles. The molecule has 0 fully saturated rings. The van der Waals surface area contributed by atoms with Crippen molar-refractivity contribution in [3.05, 3.63) is 77.0 Å². The van der Waals surface area contributed by atoms with E-state index < -0.39 is 23.2 Å². The van der Waals surface area contributed by atoms with Crippen LogP contribution in [-0.4, -0.2) is 16.1 Å². The molecule has 132 valence electrons. The number of nitrogens with one attached hydrogen (secondary N) is 2. The first-order valence-corrected chi connectivity index (χ1v) is 7.87. The quantitative estimate of drug-likeness (QED) is 0.730. The Hall–Kier alpha value is -3.35. The Bertz CT molecular complexity index is 938. The van der Waals surface area contributed by atoms with Crippen LogP contribution >= 0.6 is 0 Å². The van der Waals surface area contributed by atoms with Crippen molar-refractivity contribution in [3.63, 3.8) is 0 Å². The van der Waals surface area contributed by atoms with Gasteiger partial charge in [0.2, 0.25) is 0 Å². The SMILES string of the molecule is Cc1ccc(Nc2ccc(C(=O)Nc3c(F)cccc3F)nn2)cc1C. The van der Waals surface area contributed by atoms with E-state index in [1.165, 1.54) is 17.7 Å². The molecule has 0 aliphatic carbocycles. The molecule has 0 bridgehead atoms. The summed E-state index contributed by atoms with van der Waals surface area (Å²) in [5, 5.41) is 13.0. The van der Waals surface area contributed by atoms with Crippen LogP contribution in [-0.2, 0) is 0 Å². The van der Waals surface area contributed by atoms with E-state index in [9.17, 15) is 13.6 Å². The summed E-state index contributed by atoms with van der Waals surface area (Å²) in [6, 6.07) is 12.2. The van der Waals surface area contributed by atoms with Crippen LogP contribution in [0.4, 0.5) is 26.0 Å². The zero-order valence-corrected chi connectivity index (χ0v) is 14.2. The number of nitrogens with zero attached hydrogens (tertiary/aromatic N) is 2. The Morgan fingerprint density at radius 3 is 2.27 bits per heavy atom. The number of benzene rings is 2. The van der Waals surface area contributed by atoms with Gasteiger partial charge in [0.1, 0.15) is 17.3 Å². The van der Waals surface area contributed by atoms with Gasteiger partial charge in [0.25, 0.3) is 5.91 Å². The highest BCUT2D eigenvalue weighted by atomic mass is 19.1. The lowest BCUT2D eigenvalue weighted by Gasteiger charge is -2.09. The number of rotatable bonds is 4. The van der Waals surface area contributed by atoms with E-state index >= 15 is 0 Å². The Labute approximate surface area is 149 Å². The van der Waals surface area contributed by atoms with Gasteiger partial charge in [-0.25, -0.2) is 8.78 Å². The molecule has 5 nitrogen and oxygen atoms in total. The lowest BCUT2D eigenvalue weighted by molar-refractivity contribution is 0.102. The number of hydrogen-bond acceptors (Lipinski definition) is 4. The first kappa shape index (κ1) is 17.5. The average molecular weight is 354 g/mol. The minimum absolute atomic E-state index is 0.0571. The summed E-state index contributed by atoms with van der Waals surface area (Å²) in [6.07, 6.45) is 0. The van der Waals surface area contributed by atoms with E-state index in [2.05, 4.69) is 20.8 Å². The Morgan fingerprint density at radius 2 is 1.65 bits per heavy atom. The summed E-state index contributed by atoms with van der Waals surface area (Å²) < 4.78 is 27.2. The molecule has 2 aromatic carbocycles. The number of halogens is 2. The summed E-state index contributed by atoms with van der Waals surface area (Å²) >= 11 is 0. The Morgan fingerprint density at radius 1 is 0.923 bits per heavy atom. The van der Waals surface area contributed by atoms with Crippen LogP contribution in [0, 0.1) is 25.5 Å². The number of anilines is 3. The van der Waals surface area contributed by atoms with E-state index in [4.69, 9.17) is 0 Å². The van der Waals surface area contributed by atoms with Crippen molar-refractivity contribution < 1.29 is 13.6 Å². The molecule has 0 aliphatic heterocycles. The van der Waals surface area contributed by atoms with Crippen molar-refractivity contribution in [3.8, 4) is 0 Å². The number of amides is 1. The average Bonchev–Trinajstić information content (AvgIpc) is 2.62. The number of para-hydroxylation sites is 1. The molecule has 1 aromatic heterocycles. The third-order valence-corrected chi connectivity index (χ3v) is 3.88. The highest BCUT2D eigenvalue weighted by molar-refractivity contribution is 6.02. The predicted octanol–water partition coefficient (Wildman–Crippen LogP) is 4.37. The van der Waals surface area contributed by atoms with Gasteiger partial charge in [0.05, 0.1) is 0 Å². The summed E-state index contributed by atoms with van der Waals surface area (Å²) in [6.45, 7) is 4.02. The third-order valence-electron chi connectivity index (χ3n) is 3.88. The van der Waals surface area contributed by atoms with E-state index in [0.717, 1.165) is 23.4 Å². The second kappa shape index (κ2) is 7.26. The number of aryl methyl sites for hydroxylation is 2. The van der Waals surface area contributed by atoms with Crippen molar-refractivity contribution in [2.75, 3.05) is 10.6 Å². The minimum atomic E-state index is -0.862. The molecule has 1 heterocycles. The smallest absolute Gasteiger partial charge is 0.276 e. The third kappa shape index (κ3) is 3.83. The van der Waals surface area contributed by atoms with Crippen LogP contribution < -0.4 is 10.6 Å². The largest absolute Gasteiger partial charge is 0.339 e. The topological polar surface area (TPSA) is 66.9 Å². The standard InChI is InChI=1S/C19H16F2N4O/c1-11-6-7-13(10-12(11)2)22-17-9-8-16(24-25-17)19(26)23-18-14(20)4-3-5-15(18)21/h3-10H,1-2H3,(H,22,25)(H,23,26). The van der Waals surface area contributed by atoms with Gasteiger partial charge in [-0.05, 0) is 61.4 Å². The maximum atomic E-state index is 13.6. The maximum absolute atomic E-state index is 13.6. The first-order valence-electron chi connectivity index (χ1n) is 7.87. The predicted molar refractivity (Wildman–Crippen MR) is 95.5 cm³/mol. The fraction of sp³-hybridized carbons (Fsp3) is 0.105. The molecule has 3 aromatic rings. The van der Waals surface area contributed by atoms with Crippen LogP contribution in [0.25, 0.3) is 0 Å². The summed E-state index contributed by atoms with van der Waals surface area (Å²) in [5.41, 5.74) is 2.57. The highest BCUT2D eigenvalue weighted by Crippen LogP contribution is 2.20. The molecular weight excluding hydrogens is 338 g/mol. The molecule has 2 N–H and O–H groups in total. The second-order valence-electron chi connectivity index (χ2n) is 5.78. The molecule has 26 heavy (non-hydrogen) atoms. The Balaban J connectivity index is 1.72. The van der Waals surface area contributed by atoms with Gasteiger partial charge in [0.15, 0.2) is 11.5 Å². The lowest BCUT2D eigenvalue weighted by Crippen LogP contribution is -2.16. The minimum Gasteiger partial charge on any atom is -0.339 e. The van der Waals surface area contributed by atoms with E-state index in [0.29, 0.717) is 5.82 Å². The molecule has 0 unspecified atom stereocenters. The molecule has 0 saturated carbocycles. The van der Waals surface area contributed by atoms with Crippen molar-refractivity contribution in [2.24, 2.45) is 0 Å². The highest BCUT2D eigenvalue weighted by Gasteiger charge is 2.14. The van der Waals surface area contributed by atoms with Crippen LogP contribution in [0.2, 0.25) is 0 Å². The Kier molecular flexibility index (Phi) is 4.88. The fourth-order valence-corrected chi connectivity index (χ4v) is 2.28. The van der Waals surface area contributed by atoms with Crippen LogP contribution in [0.5, 0.6) is 0 Å². The molecule has 1 amide bonds. The van der Waals surface area contributed by atoms with Crippen molar-refractivity contribution in [1.29, 1.82) is 0 Å². The van der Waals surface area contributed by atoms with Crippen LogP contribution in [0.15, 0.2) is 48.5 Å². The number of carbonyl (C=O) groups is 1. The van der Waals surface area contributed by atoms with Gasteiger partial charge in [-0.3, -0.25) is 4.79 Å². The first-order chi connectivity index (χ1) is 12.4. The van der Waals surface area contributed by atoms with Gasteiger partial charge in [-0.2, -0.15) is 0 Å². The fourth-order valence-electron chi connectivity index (χ4n) is 2.28. The van der Waals surface area contributed by atoms with Gasteiger partial charge in [-0.15, -0.1) is 10.2 Å². The van der Waals surface area contributed by atoms with Crippen molar-refractivity contribution in [2.45, 2.75) is 13.8 Å². The summed E-state index contributed by atoms with van der Waals surface area (Å²) in [4.78, 5) is 12.1. The molecule has 7 heteroatoms. The number of carbonyl (C=O) groups excluding carboxylic acids is 1. The monoisotopic (exact) mass is 354 g/mol. The van der Waals surface area contributed by atoms with E-state index in [1.54, 1.807) is 6.07 Å². The molecule has 0 atom stereocenters. The summed E-state index contributed by atoms with van der Waals surface area (Å²) in [5.74, 6) is -2.03. The zero-order valence-electron chi connectivity index (χ0n) is 14.2. The van der Waals surface area contributed by atoms with Crippen LogP contribution in [0.1, 0.15) is 21.6 Å². The van der Waals surface area contributed by atoms with E-state index in [-0.39, 0.29) is 5.69 Å².